The molecule has 0 atom stereocenters. The average molecular weight is 424 g/mol. The van der Waals surface area contributed by atoms with Crippen LogP contribution in [0.3, 0.4) is 0 Å². The highest BCUT2D eigenvalue weighted by Gasteiger charge is 2.11. The molecule has 132 valence electrons. The Morgan fingerprint density at radius 3 is 2.60 bits per heavy atom. The number of aryl methyl sites for hydroxylation is 1. The normalized spacial score (nSPS) is 10.4. The summed E-state index contributed by atoms with van der Waals surface area (Å²) in [6.45, 7) is 2.58. The summed E-state index contributed by atoms with van der Waals surface area (Å²) in [5.41, 5.74) is 2.06. The van der Waals surface area contributed by atoms with Crippen LogP contribution in [0.15, 0.2) is 46.9 Å². The molecule has 2 rings (SSSR count). The summed E-state index contributed by atoms with van der Waals surface area (Å²) in [5, 5.41) is 5.91. The molecule has 0 aliphatic carbocycles. The van der Waals surface area contributed by atoms with Gasteiger partial charge >= 0.3 is 0 Å². The number of amides is 2. The summed E-state index contributed by atoms with van der Waals surface area (Å²) in [6.07, 6.45) is 1.85. The minimum Gasteiger partial charge on any atom is -0.352 e. The van der Waals surface area contributed by atoms with Gasteiger partial charge in [-0.15, -0.1) is 0 Å². The van der Waals surface area contributed by atoms with Crippen LogP contribution in [0.1, 0.15) is 35.7 Å². The Labute approximate surface area is 161 Å². The van der Waals surface area contributed by atoms with Crippen LogP contribution in [0, 0.1) is 0 Å². The van der Waals surface area contributed by atoms with Crippen molar-refractivity contribution in [3.8, 4) is 0 Å². The second-order valence-electron chi connectivity index (χ2n) is 5.59. The average Bonchev–Trinajstić information content (AvgIpc) is 2.59. The summed E-state index contributed by atoms with van der Waals surface area (Å²) in [6, 6.07) is 12.7. The molecule has 0 spiro atoms. The largest absolute Gasteiger partial charge is 0.352 e. The molecule has 4 nitrogen and oxygen atoms in total. The van der Waals surface area contributed by atoms with Crippen molar-refractivity contribution >= 4 is 45.0 Å². The highest BCUT2D eigenvalue weighted by Crippen LogP contribution is 2.22. The molecule has 0 heterocycles. The van der Waals surface area contributed by atoms with Gasteiger partial charge in [-0.2, -0.15) is 0 Å². The zero-order valence-electron chi connectivity index (χ0n) is 13.9. The van der Waals surface area contributed by atoms with E-state index in [0.717, 1.165) is 16.5 Å². The lowest BCUT2D eigenvalue weighted by Gasteiger charge is -2.09. The predicted molar refractivity (Wildman–Crippen MR) is 105 cm³/mol. The van der Waals surface area contributed by atoms with Crippen LogP contribution in [0.2, 0.25) is 5.02 Å². The van der Waals surface area contributed by atoms with E-state index in [-0.39, 0.29) is 11.8 Å². The van der Waals surface area contributed by atoms with Crippen LogP contribution in [0.4, 0.5) is 5.69 Å². The standard InChI is InChI=1S/C19H20BrClN2O2/c1-2-11-22-19(25)15-9-8-14(12-17(15)21)23-18(24)10-7-13-5-3-4-6-16(13)20/h3-6,8-9,12H,2,7,10-11H2,1H3,(H,22,25)(H,23,24). The first kappa shape index (κ1) is 19.5. The van der Waals surface area contributed by atoms with E-state index in [1.165, 1.54) is 0 Å². The second-order valence-corrected chi connectivity index (χ2v) is 6.85. The Balaban J connectivity index is 1.94. The Morgan fingerprint density at radius 1 is 1.16 bits per heavy atom. The lowest BCUT2D eigenvalue weighted by molar-refractivity contribution is -0.116. The van der Waals surface area contributed by atoms with E-state index in [4.69, 9.17) is 11.6 Å². The number of nitrogens with one attached hydrogen (secondary N) is 2. The van der Waals surface area contributed by atoms with Crippen LogP contribution in [-0.4, -0.2) is 18.4 Å². The van der Waals surface area contributed by atoms with E-state index in [9.17, 15) is 9.59 Å². The van der Waals surface area contributed by atoms with Crippen LogP contribution >= 0.6 is 27.5 Å². The van der Waals surface area contributed by atoms with Crippen molar-refractivity contribution in [2.24, 2.45) is 0 Å². The number of hydrogen-bond donors (Lipinski definition) is 2. The Kier molecular flexibility index (Phi) is 7.47. The highest BCUT2D eigenvalue weighted by molar-refractivity contribution is 9.10. The zero-order valence-corrected chi connectivity index (χ0v) is 16.3. The molecule has 0 aliphatic heterocycles. The molecule has 0 saturated heterocycles. The monoisotopic (exact) mass is 422 g/mol. The highest BCUT2D eigenvalue weighted by atomic mass is 79.9. The van der Waals surface area contributed by atoms with E-state index in [1.54, 1.807) is 18.2 Å². The first-order valence-electron chi connectivity index (χ1n) is 8.12. The fraction of sp³-hybridized carbons (Fsp3) is 0.263. The van der Waals surface area contributed by atoms with Crippen LogP contribution < -0.4 is 10.6 Å². The molecule has 0 unspecified atom stereocenters. The third-order valence-corrected chi connectivity index (χ3v) is 4.70. The van der Waals surface area contributed by atoms with Gasteiger partial charge in [0.15, 0.2) is 0 Å². The number of rotatable bonds is 7. The molecule has 2 aromatic carbocycles. The third-order valence-electron chi connectivity index (χ3n) is 3.61. The van der Waals surface area contributed by atoms with Gasteiger partial charge in [0.2, 0.25) is 5.91 Å². The van der Waals surface area contributed by atoms with Crippen molar-refractivity contribution < 1.29 is 9.59 Å². The fourth-order valence-corrected chi connectivity index (χ4v) is 3.03. The maximum Gasteiger partial charge on any atom is 0.252 e. The number of carbonyl (C=O) groups is 2. The van der Waals surface area contributed by atoms with Crippen LogP contribution in [0.25, 0.3) is 0 Å². The molecule has 0 bridgehead atoms. The van der Waals surface area contributed by atoms with Crippen molar-refractivity contribution in [1.29, 1.82) is 0 Å². The van der Waals surface area contributed by atoms with Gasteiger partial charge in [0.05, 0.1) is 10.6 Å². The number of benzene rings is 2. The number of halogens is 2. The SMILES string of the molecule is CCCNC(=O)c1ccc(NC(=O)CCc2ccccc2Br)cc1Cl. The molecule has 2 amide bonds. The first-order valence-corrected chi connectivity index (χ1v) is 9.29. The Bertz CT molecular complexity index is 765. The number of anilines is 1. The summed E-state index contributed by atoms with van der Waals surface area (Å²) in [7, 11) is 0. The number of carbonyl (C=O) groups excluding carboxylic acids is 2. The van der Waals surface area contributed by atoms with Gasteiger partial charge in [-0.05, 0) is 42.7 Å². The third kappa shape index (κ3) is 5.87. The molecular weight excluding hydrogens is 404 g/mol. The predicted octanol–water partition coefficient (Wildman–Crippen LogP) is 4.81. The molecule has 0 aliphatic rings. The van der Waals surface area contributed by atoms with Crippen molar-refractivity contribution in [2.45, 2.75) is 26.2 Å². The summed E-state index contributed by atoms with van der Waals surface area (Å²) in [4.78, 5) is 24.1. The Hall–Kier alpha value is -1.85. The summed E-state index contributed by atoms with van der Waals surface area (Å²) in [5.74, 6) is -0.311. The van der Waals surface area contributed by atoms with Gasteiger partial charge in [-0.1, -0.05) is 52.7 Å². The van der Waals surface area contributed by atoms with Gasteiger partial charge in [-0.3, -0.25) is 9.59 Å². The van der Waals surface area contributed by atoms with Gasteiger partial charge in [-0.25, -0.2) is 0 Å². The zero-order chi connectivity index (χ0) is 18.2. The number of hydrogen-bond acceptors (Lipinski definition) is 2. The maximum absolute atomic E-state index is 12.1. The quantitative estimate of drug-likeness (QED) is 0.671. The van der Waals surface area contributed by atoms with Gasteiger partial charge in [0.1, 0.15) is 0 Å². The second kappa shape index (κ2) is 9.59. The van der Waals surface area contributed by atoms with Crippen LogP contribution in [0.5, 0.6) is 0 Å². The van der Waals surface area contributed by atoms with Crippen molar-refractivity contribution in [2.75, 3.05) is 11.9 Å². The molecule has 6 heteroatoms. The smallest absolute Gasteiger partial charge is 0.252 e. The van der Waals surface area contributed by atoms with Gasteiger partial charge < -0.3 is 10.6 Å². The maximum atomic E-state index is 12.1. The summed E-state index contributed by atoms with van der Waals surface area (Å²) >= 11 is 9.64. The molecule has 2 N–H and O–H groups in total. The molecule has 2 aromatic rings. The Morgan fingerprint density at radius 2 is 1.92 bits per heavy atom. The lowest BCUT2D eigenvalue weighted by atomic mass is 10.1. The van der Waals surface area contributed by atoms with E-state index >= 15 is 0 Å². The van der Waals surface area contributed by atoms with E-state index in [0.29, 0.717) is 35.7 Å². The molecule has 0 saturated carbocycles. The minimum absolute atomic E-state index is 0.102. The van der Waals surface area contributed by atoms with Crippen LogP contribution in [-0.2, 0) is 11.2 Å². The topological polar surface area (TPSA) is 58.2 Å². The first-order chi connectivity index (χ1) is 12.0. The van der Waals surface area contributed by atoms with Gasteiger partial charge in [0, 0.05) is 23.1 Å². The van der Waals surface area contributed by atoms with Crippen molar-refractivity contribution in [3.63, 3.8) is 0 Å². The van der Waals surface area contributed by atoms with Crippen molar-refractivity contribution in [1.82, 2.24) is 5.32 Å². The van der Waals surface area contributed by atoms with E-state index in [1.807, 2.05) is 31.2 Å². The molecule has 0 aromatic heterocycles. The molecular formula is C19H20BrClN2O2. The lowest BCUT2D eigenvalue weighted by Crippen LogP contribution is -2.24. The summed E-state index contributed by atoms with van der Waals surface area (Å²) < 4.78 is 0.994. The molecule has 0 fully saturated rings. The fourth-order valence-electron chi connectivity index (χ4n) is 2.28. The molecule has 0 radical (unpaired) electrons. The molecule has 25 heavy (non-hydrogen) atoms. The van der Waals surface area contributed by atoms with Crippen molar-refractivity contribution in [3.05, 3.63) is 63.1 Å². The van der Waals surface area contributed by atoms with E-state index in [2.05, 4.69) is 26.6 Å². The van der Waals surface area contributed by atoms with Gasteiger partial charge in [0.25, 0.3) is 5.91 Å². The minimum atomic E-state index is -0.210. The van der Waals surface area contributed by atoms with E-state index < -0.39 is 0 Å².